The Morgan fingerprint density at radius 1 is 1.03 bits per heavy atom. The molecule has 3 rings (SSSR count). The predicted octanol–water partition coefficient (Wildman–Crippen LogP) is 3.52. The number of sulfonamides is 1. The monoisotopic (exact) mass is 432 g/mol. The lowest BCUT2D eigenvalue weighted by Crippen LogP contribution is -2.46. The smallest absolute Gasteiger partial charge is 0.285 e. The standard InChI is InChI=1S/C22H25FN2O4S/c1-22(2,3)25-21(26)19(20(30(25,27)28)16-8-5-4-6-9-16)24-14-7-15-29-18-12-10-17(23)11-13-18/h4-6,8-13,24H,7,14-15H2,1-3H3. The molecule has 30 heavy (non-hydrogen) atoms. The van der Waals surface area contributed by atoms with Crippen molar-refractivity contribution in [3.63, 3.8) is 0 Å². The molecule has 0 bridgehead atoms. The first-order valence-electron chi connectivity index (χ1n) is 9.64. The molecule has 0 spiro atoms. The van der Waals surface area contributed by atoms with E-state index >= 15 is 0 Å². The van der Waals surface area contributed by atoms with Crippen molar-refractivity contribution in [2.45, 2.75) is 32.7 Å². The van der Waals surface area contributed by atoms with Crippen molar-refractivity contribution in [3.8, 4) is 5.75 Å². The van der Waals surface area contributed by atoms with Gasteiger partial charge < -0.3 is 10.1 Å². The molecule has 0 saturated heterocycles. The van der Waals surface area contributed by atoms with Gasteiger partial charge in [0.1, 0.15) is 22.2 Å². The molecular formula is C22H25FN2O4S. The van der Waals surface area contributed by atoms with Crippen LogP contribution in [0.3, 0.4) is 0 Å². The first-order valence-corrected chi connectivity index (χ1v) is 11.1. The molecule has 8 heteroatoms. The molecule has 1 amide bonds. The van der Waals surface area contributed by atoms with Crippen LogP contribution >= 0.6 is 0 Å². The maximum Gasteiger partial charge on any atom is 0.285 e. The first kappa shape index (κ1) is 21.8. The summed E-state index contributed by atoms with van der Waals surface area (Å²) in [5.74, 6) is -0.367. The van der Waals surface area contributed by atoms with Crippen molar-refractivity contribution in [2.75, 3.05) is 13.2 Å². The van der Waals surface area contributed by atoms with Gasteiger partial charge in [0.15, 0.2) is 0 Å². The third-order valence-electron chi connectivity index (χ3n) is 4.47. The molecule has 0 aromatic heterocycles. The number of ether oxygens (including phenoxy) is 1. The SMILES string of the molecule is CC(C)(C)N1C(=O)C(NCCCOc2ccc(F)cc2)=C(c2ccccc2)S1(=O)=O. The van der Waals surface area contributed by atoms with Crippen molar-refractivity contribution in [1.82, 2.24) is 9.62 Å². The highest BCUT2D eigenvalue weighted by Gasteiger charge is 2.49. The van der Waals surface area contributed by atoms with Crippen molar-refractivity contribution in [1.29, 1.82) is 0 Å². The van der Waals surface area contributed by atoms with E-state index in [2.05, 4.69) is 5.32 Å². The number of nitrogens with one attached hydrogen (secondary N) is 1. The van der Waals surface area contributed by atoms with Crippen LogP contribution < -0.4 is 10.1 Å². The van der Waals surface area contributed by atoms with E-state index < -0.39 is 21.5 Å². The zero-order chi connectivity index (χ0) is 21.9. The summed E-state index contributed by atoms with van der Waals surface area (Å²) >= 11 is 0. The van der Waals surface area contributed by atoms with Crippen LogP contribution in [0.15, 0.2) is 60.3 Å². The van der Waals surface area contributed by atoms with Crippen LogP contribution in [0, 0.1) is 5.82 Å². The molecule has 1 aliphatic rings. The molecule has 0 atom stereocenters. The minimum atomic E-state index is -3.99. The number of hydrogen-bond acceptors (Lipinski definition) is 5. The maximum atomic E-state index is 13.2. The normalized spacial score (nSPS) is 16.1. The Bertz CT molecular complexity index is 1040. The van der Waals surface area contributed by atoms with Gasteiger partial charge in [-0.2, -0.15) is 0 Å². The van der Waals surface area contributed by atoms with E-state index in [1.807, 2.05) is 0 Å². The molecule has 160 valence electrons. The molecule has 0 radical (unpaired) electrons. The summed E-state index contributed by atoms with van der Waals surface area (Å²) in [6, 6.07) is 14.3. The summed E-state index contributed by atoms with van der Waals surface area (Å²) in [4.78, 5) is 13.0. The first-order chi connectivity index (χ1) is 14.1. The Morgan fingerprint density at radius 3 is 2.27 bits per heavy atom. The fraction of sp³-hybridized carbons (Fsp3) is 0.318. The van der Waals surface area contributed by atoms with Gasteiger partial charge in [0.2, 0.25) is 0 Å². The zero-order valence-corrected chi connectivity index (χ0v) is 18.0. The highest BCUT2D eigenvalue weighted by molar-refractivity contribution is 7.99. The molecule has 0 saturated carbocycles. The summed E-state index contributed by atoms with van der Waals surface area (Å²) in [7, 11) is -3.99. The minimum Gasteiger partial charge on any atom is -0.494 e. The summed E-state index contributed by atoms with van der Waals surface area (Å²) < 4.78 is 45.8. The third-order valence-corrected chi connectivity index (χ3v) is 6.62. The fourth-order valence-electron chi connectivity index (χ4n) is 3.24. The van der Waals surface area contributed by atoms with Crippen molar-refractivity contribution in [2.24, 2.45) is 0 Å². The summed E-state index contributed by atoms with van der Waals surface area (Å²) in [5, 5.41) is 3.00. The van der Waals surface area contributed by atoms with Gasteiger partial charge in [-0.15, -0.1) is 0 Å². The predicted molar refractivity (Wildman–Crippen MR) is 113 cm³/mol. The summed E-state index contributed by atoms with van der Waals surface area (Å²) in [5.41, 5.74) is -0.369. The van der Waals surface area contributed by atoms with Crippen molar-refractivity contribution in [3.05, 3.63) is 71.7 Å². The second-order valence-electron chi connectivity index (χ2n) is 7.90. The van der Waals surface area contributed by atoms with E-state index in [9.17, 15) is 17.6 Å². The van der Waals surface area contributed by atoms with Gasteiger partial charge in [-0.3, -0.25) is 4.79 Å². The Kier molecular flexibility index (Phi) is 6.17. The van der Waals surface area contributed by atoms with E-state index in [-0.39, 0.29) is 16.4 Å². The number of carbonyl (C=O) groups is 1. The van der Waals surface area contributed by atoms with Gasteiger partial charge in [0.25, 0.3) is 15.9 Å². The lowest BCUT2D eigenvalue weighted by atomic mass is 10.1. The van der Waals surface area contributed by atoms with Gasteiger partial charge in [0.05, 0.1) is 12.1 Å². The Morgan fingerprint density at radius 2 is 1.67 bits per heavy atom. The van der Waals surface area contributed by atoms with Crippen molar-refractivity contribution >= 4 is 20.8 Å². The molecule has 0 unspecified atom stereocenters. The summed E-state index contributed by atoms with van der Waals surface area (Å²) in [6.45, 7) is 5.72. The Balaban J connectivity index is 1.77. The van der Waals surface area contributed by atoms with Crippen LogP contribution in [0.1, 0.15) is 32.8 Å². The molecule has 2 aromatic rings. The zero-order valence-electron chi connectivity index (χ0n) is 17.2. The van der Waals surface area contributed by atoms with E-state index in [4.69, 9.17) is 4.74 Å². The number of hydrogen-bond donors (Lipinski definition) is 1. The third kappa shape index (κ3) is 4.48. The molecule has 2 aromatic carbocycles. The topological polar surface area (TPSA) is 75.7 Å². The van der Waals surface area contributed by atoms with Crippen molar-refractivity contribution < 1.29 is 22.3 Å². The van der Waals surface area contributed by atoms with Gasteiger partial charge >= 0.3 is 0 Å². The average molecular weight is 433 g/mol. The van der Waals surface area contributed by atoms with Crippen LogP contribution in [0.25, 0.3) is 4.91 Å². The second-order valence-corrected chi connectivity index (χ2v) is 9.62. The highest BCUT2D eigenvalue weighted by atomic mass is 32.2. The molecule has 1 heterocycles. The number of amides is 1. The number of rotatable bonds is 7. The molecular weight excluding hydrogens is 407 g/mol. The average Bonchev–Trinajstić information content (AvgIpc) is 2.88. The van der Waals surface area contributed by atoms with Gasteiger partial charge in [-0.25, -0.2) is 17.1 Å². The molecule has 6 nitrogen and oxygen atoms in total. The van der Waals surface area contributed by atoms with E-state index in [0.717, 1.165) is 4.31 Å². The largest absolute Gasteiger partial charge is 0.494 e. The van der Waals surface area contributed by atoms with E-state index in [1.54, 1.807) is 51.1 Å². The van der Waals surface area contributed by atoms with Crippen LogP contribution in [0.4, 0.5) is 4.39 Å². The quantitative estimate of drug-likeness (QED) is 0.678. The number of benzene rings is 2. The summed E-state index contributed by atoms with van der Waals surface area (Å²) in [6.07, 6.45) is 0.520. The van der Waals surface area contributed by atoms with Crippen LogP contribution in [0.2, 0.25) is 0 Å². The van der Waals surface area contributed by atoms with Crippen LogP contribution in [-0.2, 0) is 14.8 Å². The number of nitrogens with zero attached hydrogens (tertiary/aromatic N) is 1. The Labute approximate surface area is 176 Å². The van der Waals surface area contributed by atoms with Crippen LogP contribution in [-0.4, -0.2) is 37.3 Å². The molecule has 0 aliphatic carbocycles. The highest BCUT2D eigenvalue weighted by Crippen LogP contribution is 2.38. The van der Waals surface area contributed by atoms with E-state index in [0.29, 0.717) is 30.9 Å². The Hall–Kier alpha value is -2.87. The number of halogens is 1. The van der Waals surface area contributed by atoms with E-state index in [1.165, 1.54) is 24.3 Å². The molecule has 1 N–H and O–H groups in total. The number of carbonyl (C=O) groups excluding carboxylic acids is 1. The second kappa shape index (κ2) is 8.47. The van der Waals surface area contributed by atoms with Crippen LogP contribution in [0.5, 0.6) is 5.75 Å². The fourth-order valence-corrected chi connectivity index (χ4v) is 5.30. The van der Waals surface area contributed by atoms with Gasteiger partial charge in [-0.05, 0) is 57.0 Å². The minimum absolute atomic E-state index is 0.0116. The lowest BCUT2D eigenvalue weighted by molar-refractivity contribution is -0.125. The van der Waals surface area contributed by atoms with Gasteiger partial charge in [0, 0.05) is 6.54 Å². The lowest BCUT2D eigenvalue weighted by Gasteiger charge is -2.30. The maximum absolute atomic E-state index is 13.2. The molecule has 0 fully saturated rings. The molecule has 1 aliphatic heterocycles. The van der Waals surface area contributed by atoms with Gasteiger partial charge in [-0.1, -0.05) is 30.3 Å².